The van der Waals surface area contributed by atoms with Crippen molar-refractivity contribution in [2.24, 2.45) is 0 Å². The van der Waals surface area contributed by atoms with Crippen LogP contribution in [0.3, 0.4) is 0 Å². The van der Waals surface area contributed by atoms with Crippen molar-refractivity contribution in [1.29, 1.82) is 0 Å². The average Bonchev–Trinajstić information content (AvgIpc) is 2.67. The molecule has 5 nitrogen and oxygen atoms in total. The lowest BCUT2D eigenvalue weighted by Crippen LogP contribution is -3.11. The highest BCUT2D eigenvalue weighted by Gasteiger charge is 2.25. The summed E-state index contributed by atoms with van der Waals surface area (Å²) in [5, 5.41) is 2.21. The molecule has 2 aromatic rings. The van der Waals surface area contributed by atoms with E-state index in [-0.39, 0.29) is 19.0 Å². The van der Waals surface area contributed by atoms with E-state index in [1.807, 2.05) is 24.3 Å². The highest BCUT2D eigenvalue weighted by Crippen LogP contribution is 2.26. The Morgan fingerprint density at radius 3 is 2.61 bits per heavy atom. The summed E-state index contributed by atoms with van der Waals surface area (Å²) in [5.41, 5.74) is 1.57. The van der Waals surface area contributed by atoms with Crippen LogP contribution in [0.25, 0.3) is 0 Å². The number of amides is 2. The molecule has 0 aromatic heterocycles. The first-order valence-electron chi connectivity index (χ1n) is 8.99. The molecule has 28 heavy (non-hydrogen) atoms. The fraction of sp³-hybridized carbons (Fsp3) is 0.300. The molecule has 0 spiro atoms. The van der Waals surface area contributed by atoms with Crippen molar-refractivity contribution in [2.75, 3.05) is 36.9 Å². The van der Waals surface area contributed by atoms with Crippen LogP contribution in [-0.4, -0.2) is 38.5 Å². The highest BCUT2D eigenvalue weighted by molar-refractivity contribution is 5.95. The van der Waals surface area contributed by atoms with Crippen molar-refractivity contribution in [3.05, 3.63) is 59.4 Å². The van der Waals surface area contributed by atoms with Gasteiger partial charge in [-0.25, -0.2) is 13.2 Å². The van der Waals surface area contributed by atoms with Crippen LogP contribution in [0.1, 0.15) is 12.0 Å². The molecule has 0 fully saturated rings. The van der Waals surface area contributed by atoms with E-state index < -0.39 is 29.0 Å². The van der Waals surface area contributed by atoms with Crippen LogP contribution in [0.5, 0.6) is 0 Å². The normalized spacial score (nSPS) is 14.4. The summed E-state index contributed by atoms with van der Waals surface area (Å²) in [4.78, 5) is 27.1. The van der Waals surface area contributed by atoms with Crippen LogP contribution in [0.2, 0.25) is 0 Å². The van der Waals surface area contributed by atoms with Crippen LogP contribution in [0.4, 0.5) is 24.5 Å². The number of carbonyl (C=O) groups excluding carboxylic acids is 2. The van der Waals surface area contributed by atoms with Crippen molar-refractivity contribution in [3.63, 3.8) is 0 Å². The van der Waals surface area contributed by atoms with Crippen molar-refractivity contribution in [2.45, 2.75) is 12.8 Å². The third kappa shape index (κ3) is 4.33. The molecule has 8 heteroatoms. The monoisotopic (exact) mass is 392 g/mol. The van der Waals surface area contributed by atoms with Gasteiger partial charge < -0.3 is 15.1 Å². The Morgan fingerprint density at radius 1 is 1.07 bits per heavy atom. The number of benzene rings is 2. The maximum absolute atomic E-state index is 13.7. The lowest BCUT2D eigenvalue weighted by Gasteiger charge is -2.29. The Kier molecular flexibility index (Phi) is 5.99. The minimum Gasteiger partial charge on any atom is -0.322 e. The Balaban J connectivity index is 1.58. The van der Waals surface area contributed by atoms with Gasteiger partial charge in [-0.3, -0.25) is 9.59 Å². The molecule has 1 aliphatic rings. The van der Waals surface area contributed by atoms with E-state index >= 15 is 0 Å². The summed E-state index contributed by atoms with van der Waals surface area (Å²) >= 11 is 0. The number of quaternary nitrogens is 1. The number of likely N-dealkylation sites (N-methyl/N-ethyl adjacent to an activating group) is 1. The quantitative estimate of drug-likeness (QED) is 0.759. The van der Waals surface area contributed by atoms with Gasteiger partial charge in [-0.05, 0) is 36.6 Å². The molecule has 0 bridgehead atoms. The van der Waals surface area contributed by atoms with E-state index in [9.17, 15) is 22.8 Å². The average molecular weight is 392 g/mol. The smallest absolute Gasteiger partial charge is 0.282 e. The largest absolute Gasteiger partial charge is 0.322 e. The zero-order valence-corrected chi connectivity index (χ0v) is 15.4. The number of fused-ring (bicyclic) bond motifs is 1. The molecule has 2 aromatic carbocycles. The van der Waals surface area contributed by atoms with E-state index in [4.69, 9.17) is 0 Å². The van der Waals surface area contributed by atoms with E-state index in [0.717, 1.165) is 36.2 Å². The number of para-hydroxylation sites is 1. The second-order valence-electron chi connectivity index (χ2n) is 6.86. The lowest BCUT2D eigenvalue weighted by molar-refractivity contribution is -0.862. The first kappa shape index (κ1) is 19.9. The second kappa shape index (κ2) is 8.43. The van der Waals surface area contributed by atoms with Gasteiger partial charge in [0.2, 0.25) is 0 Å². The lowest BCUT2D eigenvalue weighted by atomic mass is 10.0. The van der Waals surface area contributed by atoms with E-state index in [1.54, 1.807) is 11.9 Å². The Labute approximate surface area is 160 Å². The predicted octanol–water partition coefficient (Wildman–Crippen LogP) is 1.54. The first-order valence-corrected chi connectivity index (χ1v) is 8.99. The van der Waals surface area contributed by atoms with Gasteiger partial charge in [0.15, 0.2) is 30.5 Å². The van der Waals surface area contributed by atoms with Gasteiger partial charge in [0, 0.05) is 12.2 Å². The fourth-order valence-corrected chi connectivity index (χ4v) is 3.30. The molecule has 1 aliphatic heterocycles. The SMILES string of the molecule is C[NH+](CC(=O)Nc1ccc(F)c(F)c1F)CC(=O)N1CCCc2ccccc21. The molecule has 148 valence electrons. The predicted molar refractivity (Wildman–Crippen MR) is 98.7 cm³/mol. The Bertz CT molecular complexity index is 904. The van der Waals surface area contributed by atoms with Crippen molar-refractivity contribution < 1.29 is 27.7 Å². The molecule has 0 aliphatic carbocycles. The van der Waals surface area contributed by atoms with E-state index in [1.165, 1.54) is 0 Å². The molecule has 3 rings (SSSR count). The van der Waals surface area contributed by atoms with Crippen LogP contribution < -0.4 is 15.1 Å². The maximum Gasteiger partial charge on any atom is 0.282 e. The topological polar surface area (TPSA) is 53.9 Å². The van der Waals surface area contributed by atoms with Gasteiger partial charge in [0.05, 0.1) is 12.7 Å². The number of halogens is 3. The van der Waals surface area contributed by atoms with Gasteiger partial charge in [0.25, 0.3) is 11.8 Å². The summed E-state index contributed by atoms with van der Waals surface area (Å²) in [6.45, 7) is 0.567. The summed E-state index contributed by atoms with van der Waals surface area (Å²) < 4.78 is 39.9. The number of carbonyl (C=O) groups is 2. The molecule has 2 N–H and O–H groups in total. The van der Waals surface area contributed by atoms with E-state index in [0.29, 0.717) is 11.4 Å². The number of rotatable bonds is 5. The summed E-state index contributed by atoms with van der Waals surface area (Å²) in [7, 11) is 1.66. The van der Waals surface area contributed by atoms with Crippen LogP contribution in [0.15, 0.2) is 36.4 Å². The minimum atomic E-state index is -1.64. The van der Waals surface area contributed by atoms with Crippen molar-refractivity contribution in [1.82, 2.24) is 0 Å². The number of hydrogen-bond donors (Lipinski definition) is 2. The number of aryl methyl sites for hydroxylation is 1. The fourth-order valence-electron chi connectivity index (χ4n) is 3.30. The number of nitrogens with zero attached hydrogens (tertiary/aromatic N) is 1. The maximum atomic E-state index is 13.7. The number of anilines is 2. The van der Waals surface area contributed by atoms with Gasteiger partial charge in [0.1, 0.15) is 0 Å². The molecule has 0 saturated heterocycles. The molecular weight excluding hydrogens is 371 g/mol. The summed E-state index contributed by atoms with van der Waals surface area (Å²) in [5.74, 6) is -5.14. The highest BCUT2D eigenvalue weighted by atomic mass is 19.2. The van der Waals surface area contributed by atoms with Crippen LogP contribution in [0, 0.1) is 17.5 Å². The molecule has 1 unspecified atom stereocenters. The van der Waals surface area contributed by atoms with Crippen LogP contribution in [-0.2, 0) is 16.0 Å². The zero-order chi connectivity index (χ0) is 20.3. The first-order chi connectivity index (χ1) is 13.4. The molecule has 0 saturated carbocycles. The van der Waals surface area contributed by atoms with Gasteiger partial charge >= 0.3 is 0 Å². The van der Waals surface area contributed by atoms with Crippen molar-refractivity contribution in [3.8, 4) is 0 Å². The number of hydrogen-bond acceptors (Lipinski definition) is 2. The molecule has 1 atom stereocenters. The minimum absolute atomic E-state index is 0.0714. The molecular formula is C20H21F3N3O2+. The third-order valence-electron chi connectivity index (χ3n) is 4.64. The second-order valence-corrected chi connectivity index (χ2v) is 6.86. The Hall–Kier alpha value is -2.87. The molecule has 1 heterocycles. The summed E-state index contributed by atoms with van der Waals surface area (Å²) in [6.07, 6.45) is 1.79. The van der Waals surface area contributed by atoms with E-state index in [2.05, 4.69) is 5.32 Å². The number of nitrogens with one attached hydrogen (secondary N) is 2. The standard InChI is InChI=1S/C20H20F3N3O2/c1-25(11-17(27)24-15-9-8-14(21)19(22)20(15)23)12-18(28)26-10-4-6-13-5-2-3-7-16(13)26/h2-3,5,7-9H,4,6,10-12H2,1H3,(H,24,27)/p+1. The third-order valence-corrected chi connectivity index (χ3v) is 4.64. The van der Waals surface area contributed by atoms with Crippen LogP contribution >= 0.6 is 0 Å². The summed E-state index contributed by atoms with van der Waals surface area (Å²) in [6, 6.07) is 9.41. The zero-order valence-electron chi connectivity index (χ0n) is 15.4. The molecule has 0 radical (unpaired) electrons. The molecule has 2 amide bonds. The van der Waals surface area contributed by atoms with Crippen molar-refractivity contribution >= 4 is 23.2 Å². The van der Waals surface area contributed by atoms with Gasteiger partial charge in [-0.1, -0.05) is 18.2 Å². The van der Waals surface area contributed by atoms with Gasteiger partial charge in [-0.15, -0.1) is 0 Å². The van der Waals surface area contributed by atoms with Gasteiger partial charge in [-0.2, -0.15) is 0 Å². The Morgan fingerprint density at radius 2 is 1.82 bits per heavy atom.